The van der Waals surface area contributed by atoms with E-state index in [0.29, 0.717) is 54.6 Å². The number of amides is 1. The quantitative estimate of drug-likeness (QED) is 0.178. The van der Waals surface area contributed by atoms with E-state index in [9.17, 15) is 4.79 Å². The third-order valence-electron chi connectivity index (χ3n) is 8.52. The van der Waals surface area contributed by atoms with Gasteiger partial charge in [0.15, 0.2) is 17.4 Å². The summed E-state index contributed by atoms with van der Waals surface area (Å²) in [5, 5.41) is 3.43. The summed E-state index contributed by atoms with van der Waals surface area (Å²) >= 11 is 0. The van der Waals surface area contributed by atoms with Crippen LogP contribution in [0.2, 0.25) is 0 Å². The van der Waals surface area contributed by atoms with Crippen molar-refractivity contribution in [2.45, 2.75) is 32.2 Å². The van der Waals surface area contributed by atoms with Crippen LogP contribution < -0.4 is 25.2 Å². The molecule has 1 atom stereocenters. The lowest BCUT2D eigenvalue weighted by atomic mass is 10.1. The molecule has 12 heteroatoms. The molecule has 2 bridgehead atoms. The van der Waals surface area contributed by atoms with Crippen LogP contribution in [0.5, 0.6) is 17.2 Å². The number of hydrogen-bond acceptors (Lipinski definition) is 10. The highest BCUT2D eigenvalue weighted by Gasteiger charge is 2.35. The van der Waals surface area contributed by atoms with E-state index in [1.807, 2.05) is 72.1 Å². The predicted molar refractivity (Wildman–Crippen MR) is 188 cm³/mol. The van der Waals surface area contributed by atoms with Gasteiger partial charge in [-0.15, -0.1) is 0 Å². The molecule has 1 unspecified atom stereocenters. The molecule has 6 rings (SSSR count). The molecule has 0 saturated carbocycles. The normalized spacial score (nSPS) is 16.2. The highest BCUT2D eigenvalue weighted by atomic mass is 16.5. The first-order valence-electron chi connectivity index (χ1n) is 16.3. The van der Waals surface area contributed by atoms with Crippen LogP contribution in [0.4, 0.5) is 17.3 Å². The monoisotopic (exact) mass is 649 g/mol. The number of hydrogen-bond donors (Lipinski definition) is 1. The number of pyridine rings is 2. The number of fused-ring (bicyclic) bond motifs is 5. The lowest BCUT2D eigenvalue weighted by molar-refractivity contribution is -0.129. The molecule has 2 aliphatic heterocycles. The molecule has 0 spiro atoms. The molecule has 1 amide bonds. The molecular formula is C36H43N9O3. The minimum atomic E-state index is -0.0732. The number of aromatic nitrogens is 4. The van der Waals surface area contributed by atoms with Gasteiger partial charge < -0.3 is 34.1 Å². The number of anilines is 3. The topological polar surface area (TPSA) is 113 Å². The van der Waals surface area contributed by atoms with Gasteiger partial charge in [-0.25, -0.2) is 19.9 Å². The summed E-state index contributed by atoms with van der Waals surface area (Å²) in [5.74, 6) is 3.44. The first-order valence-corrected chi connectivity index (χ1v) is 16.3. The number of aryl methyl sites for hydroxylation is 2. The van der Waals surface area contributed by atoms with Crippen LogP contribution in [-0.2, 0) is 11.8 Å². The van der Waals surface area contributed by atoms with Crippen molar-refractivity contribution in [2.75, 3.05) is 57.1 Å². The number of allylic oxidation sites excluding steroid dienone is 1. The van der Waals surface area contributed by atoms with Gasteiger partial charge in [0.05, 0.1) is 11.6 Å². The van der Waals surface area contributed by atoms with E-state index in [2.05, 4.69) is 50.8 Å². The number of benzene rings is 1. The van der Waals surface area contributed by atoms with E-state index in [4.69, 9.17) is 14.5 Å². The number of piperazine rings is 1. The van der Waals surface area contributed by atoms with E-state index in [-0.39, 0.29) is 11.9 Å². The van der Waals surface area contributed by atoms with Crippen molar-refractivity contribution in [1.29, 1.82) is 0 Å². The standard InChI is InChI=1S/C36H43N9O3/c1-6-37-32-20-28(14-16-43(32)5)48-30-13-12-26(19-25(30)2)40-35-34-29(38-24-39-35)21-31-36(41-34)44-17-18-45(27(22-44)23-47-31)33(46)11-9-7-8-10-15-42(3)4/h6,9,11-14,16,19-21,24,27H,1,7-8,10,15,17-18,22-23H2,2-5H3,(H,38,39,40)/b11-9+,37-32-. The van der Waals surface area contributed by atoms with Gasteiger partial charge in [0, 0.05) is 56.9 Å². The van der Waals surface area contributed by atoms with Crippen molar-refractivity contribution in [3.05, 3.63) is 84.9 Å². The summed E-state index contributed by atoms with van der Waals surface area (Å²) in [4.78, 5) is 37.8. The SMILES string of the molecule is C=C/N=c1/cc(Oc2ccc(Nc3ncnc4cc5c(nc34)N3CCN(C(=O)/C=C/CCCCN(C)C)C(CO5)C3)cc2C)ccn1C. The van der Waals surface area contributed by atoms with E-state index in [0.717, 1.165) is 54.1 Å². The molecule has 4 aromatic rings. The lowest BCUT2D eigenvalue weighted by Gasteiger charge is -2.39. The number of carbonyl (C=O) groups excluding carboxylic acids is 1. The average Bonchev–Trinajstić information content (AvgIpc) is 3.20. The Hall–Kier alpha value is -5.23. The summed E-state index contributed by atoms with van der Waals surface area (Å²) in [5.41, 5.74) is 3.84. The van der Waals surface area contributed by atoms with Gasteiger partial charge in [-0.1, -0.05) is 12.7 Å². The zero-order chi connectivity index (χ0) is 33.6. The van der Waals surface area contributed by atoms with Gasteiger partial charge in [0.25, 0.3) is 0 Å². The second-order valence-corrected chi connectivity index (χ2v) is 12.4. The van der Waals surface area contributed by atoms with Crippen molar-refractivity contribution in [3.63, 3.8) is 0 Å². The zero-order valence-corrected chi connectivity index (χ0v) is 28.1. The Morgan fingerprint density at radius 3 is 2.88 bits per heavy atom. The lowest BCUT2D eigenvalue weighted by Crippen LogP contribution is -2.56. The number of nitrogens with zero attached hydrogens (tertiary/aromatic N) is 8. The first kappa shape index (κ1) is 32.7. The number of unbranched alkanes of at least 4 members (excludes halogenated alkanes) is 2. The Balaban J connectivity index is 1.15. The summed E-state index contributed by atoms with van der Waals surface area (Å²) in [7, 11) is 6.08. The van der Waals surface area contributed by atoms with E-state index < -0.39 is 0 Å². The van der Waals surface area contributed by atoms with Crippen LogP contribution in [0.3, 0.4) is 0 Å². The minimum Gasteiger partial charge on any atom is -0.487 e. The third kappa shape index (κ3) is 7.49. The molecule has 5 heterocycles. The minimum absolute atomic E-state index is 0.0369. The Morgan fingerprint density at radius 2 is 2.06 bits per heavy atom. The maximum absolute atomic E-state index is 13.1. The Kier molecular flexibility index (Phi) is 10.0. The van der Waals surface area contributed by atoms with Crippen LogP contribution in [0.1, 0.15) is 24.8 Å². The van der Waals surface area contributed by atoms with Crippen molar-refractivity contribution in [2.24, 2.45) is 12.0 Å². The molecule has 1 N–H and O–H groups in total. The highest BCUT2D eigenvalue weighted by molar-refractivity contribution is 5.90. The molecule has 1 fully saturated rings. The fourth-order valence-corrected chi connectivity index (χ4v) is 5.95. The molecule has 0 aliphatic carbocycles. The molecule has 3 aromatic heterocycles. The molecule has 250 valence electrons. The van der Waals surface area contributed by atoms with Gasteiger partial charge in [-0.2, -0.15) is 0 Å². The first-order chi connectivity index (χ1) is 23.3. The number of nitrogens with one attached hydrogen (secondary N) is 1. The summed E-state index contributed by atoms with van der Waals surface area (Å²) in [6, 6.07) is 11.5. The van der Waals surface area contributed by atoms with Crippen LogP contribution >= 0.6 is 0 Å². The predicted octanol–water partition coefficient (Wildman–Crippen LogP) is 4.95. The van der Waals surface area contributed by atoms with Gasteiger partial charge in [-0.3, -0.25) is 4.79 Å². The van der Waals surface area contributed by atoms with Gasteiger partial charge in [-0.05, 0) is 82.7 Å². The van der Waals surface area contributed by atoms with E-state index in [1.165, 1.54) is 12.5 Å². The maximum Gasteiger partial charge on any atom is 0.246 e. The molecule has 12 nitrogen and oxygen atoms in total. The van der Waals surface area contributed by atoms with Crippen molar-refractivity contribution < 1.29 is 14.3 Å². The van der Waals surface area contributed by atoms with Crippen LogP contribution in [-0.4, -0.2) is 88.1 Å². The Morgan fingerprint density at radius 1 is 1.19 bits per heavy atom. The van der Waals surface area contributed by atoms with Crippen LogP contribution in [0, 0.1) is 6.92 Å². The fourth-order valence-electron chi connectivity index (χ4n) is 5.95. The molecule has 0 radical (unpaired) electrons. The number of ether oxygens (including phenoxy) is 2. The summed E-state index contributed by atoms with van der Waals surface area (Å²) < 4.78 is 14.3. The second-order valence-electron chi connectivity index (χ2n) is 12.4. The fraction of sp³-hybridized carbons (Fsp3) is 0.361. The van der Waals surface area contributed by atoms with Gasteiger partial charge in [0.1, 0.15) is 35.4 Å². The van der Waals surface area contributed by atoms with E-state index >= 15 is 0 Å². The zero-order valence-electron chi connectivity index (χ0n) is 28.1. The molecule has 1 saturated heterocycles. The smallest absolute Gasteiger partial charge is 0.246 e. The number of rotatable bonds is 11. The Bertz CT molecular complexity index is 1900. The van der Waals surface area contributed by atoms with Crippen LogP contribution in [0.25, 0.3) is 11.0 Å². The van der Waals surface area contributed by atoms with Crippen molar-refractivity contribution >= 4 is 34.3 Å². The summed E-state index contributed by atoms with van der Waals surface area (Å²) in [6.07, 6.45) is 11.7. The maximum atomic E-state index is 13.1. The van der Waals surface area contributed by atoms with Gasteiger partial charge in [0.2, 0.25) is 5.91 Å². The van der Waals surface area contributed by atoms with Crippen molar-refractivity contribution in [1.82, 2.24) is 29.3 Å². The van der Waals surface area contributed by atoms with Crippen molar-refractivity contribution in [3.8, 4) is 17.2 Å². The molecule has 2 aliphatic rings. The van der Waals surface area contributed by atoms with Gasteiger partial charge >= 0.3 is 0 Å². The third-order valence-corrected chi connectivity index (χ3v) is 8.52. The van der Waals surface area contributed by atoms with E-state index in [1.54, 1.807) is 6.08 Å². The van der Waals surface area contributed by atoms with Crippen LogP contribution in [0.15, 0.2) is 78.8 Å². The number of carbonyl (C=O) groups is 1. The average molecular weight is 650 g/mol. The summed E-state index contributed by atoms with van der Waals surface area (Å²) in [6.45, 7) is 9.05. The largest absolute Gasteiger partial charge is 0.487 e. The molecule has 1 aromatic carbocycles. The second kappa shape index (κ2) is 14.7. The molecule has 48 heavy (non-hydrogen) atoms. The molecular weight excluding hydrogens is 606 g/mol. The Labute approximate surface area is 281 Å². The highest BCUT2D eigenvalue weighted by Crippen LogP contribution is 2.36.